The Hall–Kier alpha value is -2.14. The van der Waals surface area contributed by atoms with Crippen molar-refractivity contribution in [1.29, 1.82) is 0 Å². The molecule has 0 saturated carbocycles. The van der Waals surface area contributed by atoms with Gasteiger partial charge in [-0.15, -0.1) is 0 Å². The lowest BCUT2D eigenvalue weighted by Gasteiger charge is -2.51. The first-order valence-electron chi connectivity index (χ1n) is 8.94. The normalized spacial score (nSPS) is 34.3. The molecular formula is C19H23N5. The van der Waals surface area contributed by atoms with Gasteiger partial charge in [-0.2, -0.15) is 0 Å². The van der Waals surface area contributed by atoms with E-state index in [1.54, 1.807) is 6.33 Å². The molecule has 0 spiro atoms. The van der Waals surface area contributed by atoms with Crippen molar-refractivity contribution < 1.29 is 0 Å². The zero-order valence-electron chi connectivity index (χ0n) is 13.8. The van der Waals surface area contributed by atoms with Gasteiger partial charge >= 0.3 is 0 Å². The number of nitrogen functional groups attached to an aromatic ring is 1. The molecule has 124 valence electrons. The third kappa shape index (κ3) is 2.11. The second kappa shape index (κ2) is 5.45. The number of nitrogens with zero attached hydrogens (tertiary/aromatic N) is 4. The van der Waals surface area contributed by atoms with Crippen molar-refractivity contribution in [2.75, 3.05) is 30.3 Å². The van der Waals surface area contributed by atoms with Crippen LogP contribution in [0.15, 0.2) is 42.7 Å². The number of nitrogens with two attached hydrogens (primary N) is 1. The summed E-state index contributed by atoms with van der Waals surface area (Å²) in [4.78, 5) is 13.8. The van der Waals surface area contributed by atoms with E-state index in [1.807, 2.05) is 6.07 Å². The van der Waals surface area contributed by atoms with Gasteiger partial charge in [0.25, 0.3) is 0 Å². The molecule has 2 bridgehead atoms. The molecular weight excluding hydrogens is 298 g/mol. The molecule has 4 fully saturated rings. The van der Waals surface area contributed by atoms with Crippen LogP contribution in [-0.4, -0.2) is 46.6 Å². The van der Waals surface area contributed by atoms with Crippen LogP contribution in [0.3, 0.4) is 0 Å². The molecule has 0 aliphatic carbocycles. The van der Waals surface area contributed by atoms with E-state index < -0.39 is 0 Å². The monoisotopic (exact) mass is 321 g/mol. The lowest BCUT2D eigenvalue weighted by atomic mass is 9.75. The number of hydrogen-bond acceptors (Lipinski definition) is 5. The molecule has 1 aromatic carbocycles. The summed E-state index contributed by atoms with van der Waals surface area (Å²) in [7, 11) is 0. The van der Waals surface area contributed by atoms with Crippen LogP contribution in [0.2, 0.25) is 0 Å². The summed E-state index contributed by atoms with van der Waals surface area (Å²) >= 11 is 0. The third-order valence-electron chi connectivity index (χ3n) is 6.19. The largest absolute Gasteiger partial charge is 0.384 e. The van der Waals surface area contributed by atoms with E-state index in [0.29, 0.717) is 23.8 Å². The molecule has 6 rings (SSSR count). The maximum atomic E-state index is 5.93. The highest BCUT2D eigenvalue weighted by Gasteiger charge is 2.53. The molecule has 3 atom stereocenters. The van der Waals surface area contributed by atoms with Crippen molar-refractivity contribution in [3.63, 3.8) is 0 Å². The Kier molecular flexibility index (Phi) is 3.23. The van der Waals surface area contributed by atoms with E-state index in [0.717, 1.165) is 18.3 Å². The predicted molar refractivity (Wildman–Crippen MR) is 94.8 cm³/mol. The highest BCUT2D eigenvalue weighted by Crippen LogP contribution is 2.47. The van der Waals surface area contributed by atoms with Gasteiger partial charge < -0.3 is 10.6 Å². The van der Waals surface area contributed by atoms with E-state index in [4.69, 9.17) is 5.73 Å². The summed E-state index contributed by atoms with van der Waals surface area (Å²) in [6, 6.07) is 14.1. The van der Waals surface area contributed by atoms with E-state index in [9.17, 15) is 0 Å². The molecule has 4 aliphatic heterocycles. The zero-order valence-corrected chi connectivity index (χ0v) is 13.8. The summed E-state index contributed by atoms with van der Waals surface area (Å²) in [5.41, 5.74) is 7.38. The Bertz CT molecular complexity index is 726. The van der Waals surface area contributed by atoms with Crippen molar-refractivity contribution in [2.45, 2.75) is 30.8 Å². The fraction of sp³-hybridized carbons (Fsp3) is 0.474. The van der Waals surface area contributed by atoms with Gasteiger partial charge in [-0.3, -0.25) is 4.90 Å². The Balaban J connectivity index is 1.57. The van der Waals surface area contributed by atoms with Gasteiger partial charge in [-0.05, 0) is 37.4 Å². The number of anilines is 2. The first kappa shape index (κ1) is 14.2. The number of fused-ring (bicyclic) bond motifs is 2. The van der Waals surface area contributed by atoms with Gasteiger partial charge in [0.05, 0.1) is 0 Å². The Morgan fingerprint density at radius 3 is 2.54 bits per heavy atom. The maximum Gasteiger partial charge on any atom is 0.134 e. The van der Waals surface area contributed by atoms with E-state index in [1.165, 1.54) is 31.5 Å². The molecule has 2 aromatic rings. The maximum absolute atomic E-state index is 5.93. The molecule has 2 N–H and O–H groups in total. The van der Waals surface area contributed by atoms with Crippen LogP contribution in [0.1, 0.15) is 24.3 Å². The molecule has 0 radical (unpaired) electrons. The first-order valence-corrected chi connectivity index (χ1v) is 8.94. The number of benzene rings is 1. The van der Waals surface area contributed by atoms with Crippen LogP contribution in [0.5, 0.6) is 0 Å². The van der Waals surface area contributed by atoms with Crippen LogP contribution < -0.4 is 10.6 Å². The molecule has 0 unspecified atom stereocenters. The minimum atomic E-state index is 0.537. The van der Waals surface area contributed by atoms with Crippen LogP contribution >= 0.6 is 0 Å². The minimum absolute atomic E-state index is 0.537. The second-order valence-electron chi connectivity index (χ2n) is 7.33. The summed E-state index contributed by atoms with van der Waals surface area (Å²) in [5.74, 6) is 2.85. The number of aromatic nitrogens is 2. The fourth-order valence-corrected chi connectivity index (χ4v) is 5.19. The molecule has 0 amide bonds. The lowest BCUT2D eigenvalue weighted by molar-refractivity contribution is 0.0354. The Morgan fingerprint density at radius 1 is 1.00 bits per heavy atom. The molecule has 4 aliphatic rings. The van der Waals surface area contributed by atoms with Crippen molar-refractivity contribution in [1.82, 2.24) is 14.9 Å². The summed E-state index contributed by atoms with van der Waals surface area (Å²) < 4.78 is 0. The smallest absolute Gasteiger partial charge is 0.134 e. The first-order chi connectivity index (χ1) is 11.8. The Morgan fingerprint density at radius 2 is 1.79 bits per heavy atom. The third-order valence-corrected chi connectivity index (χ3v) is 6.19. The van der Waals surface area contributed by atoms with Gasteiger partial charge in [0.15, 0.2) is 0 Å². The van der Waals surface area contributed by atoms with Crippen LogP contribution in [0.4, 0.5) is 11.6 Å². The summed E-state index contributed by atoms with van der Waals surface area (Å²) in [6.45, 7) is 3.51. The standard InChI is InChI=1S/C19H23N5/c20-16-10-17(22-12-21-16)24-11-15(13-4-2-1-3-5-13)19-18(24)14-6-8-23(19)9-7-14/h1-5,10,12,14-15,18-19H,6-9,11H2,(H2,20,21,22)/t15-,18-,19-/m1/s1. The van der Waals surface area contributed by atoms with E-state index in [-0.39, 0.29) is 0 Å². The predicted octanol–water partition coefficient (Wildman–Crippen LogP) is 2.13. The number of piperidine rings is 3. The van der Waals surface area contributed by atoms with Crippen molar-refractivity contribution in [3.05, 3.63) is 48.3 Å². The van der Waals surface area contributed by atoms with Gasteiger partial charge in [-0.25, -0.2) is 9.97 Å². The summed E-state index contributed by atoms with van der Waals surface area (Å²) in [5, 5.41) is 0. The number of rotatable bonds is 2. The molecule has 1 aromatic heterocycles. The quantitative estimate of drug-likeness (QED) is 0.918. The topological polar surface area (TPSA) is 58.3 Å². The minimum Gasteiger partial charge on any atom is -0.384 e. The fourth-order valence-electron chi connectivity index (χ4n) is 5.19. The van der Waals surface area contributed by atoms with Crippen molar-refractivity contribution in [2.24, 2.45) is 5.92 Å². The SMILES string of the molecule is Nc1cc(N2C[C@H](c3ccccc3)[C@@H]3[C@H]2C2CCN3CC2)ncn1. The highest BCUT2D eigenvalue weighted by molar-refractivity contribution is 5.51. The molecule has 5 nitrogen and oxygen atoms in total. The van der Waals surface area contributed by atoms with Gasteiger partial charge in [0.1, 0.15) is 18.0 Å². The van der Waals surface area contributed by atoms with Gasteiger partial charge in [0, 0.05) is 30.6 Å². The average molecular weight is 321 g/mol. The van der Waals surface area contributed by atoms with Crippen molar-refractivity contribution in [3.8, 4) is 0 Å². The van der Waals surface area contributed by atoms with Gasteiger partial charge in [0.2, 0.25) is 0 Å². The van der Waals surface area contributed by atoms with Gasteiger partial charge in [-0.1, -0.05) is 30.3 Å². The molecule has 5 heteroatoms. The van der Waals surface area contributed by atoms with Crippen molar-refractivity contribution >= 4 is 11.6 Å². The Labute approximate surface area is 142 Å². The van der Waals surface area contributed by atoms with E-state index >= 15 is 0 Å². The number of hydrogen-bond donors (Lipinski definition) is 1. The zero-order chi connectivity index (χ0) is 16.1. The molecule has 24 heavy (non-hydrogen) atoms. The van der Waals surface area contributed by atoms with E-state index in [2.05, 4.69) is 50.1 Å². The molecule has 5 heterocycles. The average Bonchev–Trinajstić information content (AvgIpc) is 3.06. The molecule has 4 saturated heterocycles. The summed E-state index contributed by atoms with van der Waals surface area (Å²) in [6.07, 6.45) is 4.20. The van der Waals surface area contributed by atoms with Crippen LogP contribution in [-0.2, 0) is 0 Å². The van der Waals surface area contributed by atoms with Crippen LogP contribution in [0.25, 0.3) is 0 Å². The van der Waals surface area contributed by atoms with Crippen LogP contribution in [0, 0.1) is 5.92 Å². The lowest BCUT2D eigenvalue weighted by Crippen LogP contribution is -2.60. The highest BCUT2D eigenvalue weighted by atomic mass is 15.3. The second-order valence-corrected chi connectivity index (χ2v) is 7.33.